The molecular weight excluding hydrogens is 444 g/mol. The van der Waals surface area contributed by atoms with Gasteiger partial charge in [0.05, 0.1) is 10.7 Å². The van der Waals surface area contributed by atoms with E-state index in [-0.39, 0.29) is 0 Å². The zero-order valence-electron chi connectivity index (χ0n) is 16.2. The fourth-order valence-corrected chi connectivity index (χ4v) is 3.41. The number of hydrogen-bond donors (Lipinski definition) is 2. The fourth-order valence-electron chi connectivity index (χ4n) is 2.90. The van der Waals surface area contributed by atoms with Crippen molar-refractivity contribution in [3.05, 3.63) is 113 Å². The van der Waals surface area contributed by atoms with Crippen molar-refractivity contribution in [2.24, 2.45) is 5.10 Å². The largest absolute Gasteiger partial charge is 0.488 e. The second-order valence-electron chi connectivity index (χ2n) is 6.43. The average molecular weight is 465 g/mol. The number of hydrazone groups is 1. The average Bonchev–Trinajstić information content (AvgIpc) is 2.79. The van der Waals surface area contributed by atoms with Crippen LogP contribution in [0.25, 0.3) is 0 Å². The number of benzene rings is 3. The molecule has 152 valence electrons. The molecule has 0 fully saturated rings. The molecule has 2 N–H and O–H groups in total. The second-order valence-corrected chi connectivity index (χ2v) is 7.29. The van der Waals surface area contributed by atoms with E-state index in [9.17, 15) is 9.90 Å². The van der Waals surface area contributed by atoms with Gasteiger partial charge in [0, 0.05) is 0 Å². The van der Waals surface area contributed by atoms with Crippen LogP contribution in [0.4, 0.5) is 0 Å². The summed E-state index contributed by atoms with van der Waals surface area (Å²) in [6.07, 6.45) is 3.16. The third-order valence-electron chi connectivity index (χ3n) is 4.40. The summed E-state index contributed by atoms with van der Waals surface area (Å²) >= 11 is 3.44. The molecule has 6 heteroatoms. The zero-order valence-corrected chi connectivity index (χ0v) is 17.7. The highest BCUT2D eigenvalue weighted by Gasteiger charge is 2.39. The van der Waals surface area contributed by atoms with Crippen molar-refractivity contribution in [2.75, 3.05) is 6.61 Å². The van der Waals surface area contributed by atoms with Gasteiger partial charge in [0.1, 0.15) is 12.4 Å². The lowest BCUT2D eigenvalue weighted by molar-refractivity contribution is -0.136. The molecular formula is C24H21BrN2O3. The van der Waals surface area contributed by atoms with E-state index >= 15 is 0 Å². The van der Waals surface area contributed by atoms with E-state index in [0.717, 1.165) is 10.0 Å². The number of nitrogens with zero attached hydrogens (tertiary/aromatic N) is 1. The minimum atomic E-state index is -1.87. The van der Waals surface area contributed by atoms with Gasteiger partial charge in [-0.3, -0.25) is 4.79 Å². The number of rotatable bonds is 8. The molecule has 1 amide bonds. The number of halogens is 1. The summed E-state index contributed by atoms with van der Waals surface area (Å²) in [4.78, 5) is 13.0. The number of carbonyl (C=O) groups excluding carboxylic acids is 1. The summed E-state index contributed by atoms with van der Waals surface area (Å²) in [5.74, 6) is 0.0276. The van der Waals surface area contributed by atoms with E-state index in [4.69, 9.17) is 4.74 Å². The third kappa shape index (κ3) is 4.84. The zero-order chi connectivity index (χ0) is 21.4. The maximum Gasteiger partial charge on any atom is 0.281 e. The Kier molecular flexibility index (Phi) is 7.17. The highest BCUT2D eigenvalue weighted by atomic mass is 79.9. The van der Waals surface area contributed by atoms with E-state index < -0.39 is 11.5 Å². The van der Waals surface area contributed by atoms with Crippen LogP contribution in [0, 0.1) is 0 Å². The summed E-state index contributed by atoms with van der Waals surface area (Å²) in [7, 11) is 0. The number of ether oxygens (including phenoxy) is 1. The Morgan fingerprint density at radius 2 is 1.67 bits per heavy atom. The lowest BCUT2D eigenvalue weighted by Crippen LogP contribution is -2.43. The van der Waals surface area contributed by atoms with Crippen molar-refractivity contribution in [3.63, 3.8) is 0 Å². The number of aliphatic hydroxyl groups is 1. The smallest absolute Gasteiger partial charge is 0.281 e. The SMILES string of the molecule is C=CCOc1ccc(C=NNC(=O)C(O)(c2ccccc2)c2ccccc2)cc1Br. The first-order valence-corrected chi connectivity index (χ1v) is 10.0. The highest BCUT2D eigenvalue weighted by Crippen LogP contribution is 2.30. The van der Waals surface area contributed by atoms with Gasteiger partial charge in [0.2, 0.25) is 0 Å². The molecule has 0 bridgehead atoms. The Morgan fingerprint density at radius 3 is 2.20 bits per heavy atom. The molecule has 0 radical (unpaired) electrons. The van der Waals surface area contributed by atoms with Gasteiger partial charge in [0.15, 0.2) is 5.60 Å². The van der Waals surface area contributed by atoms with Crippen LogP contribution in [0.1, 0.15) is 16.7 Å². The first-order valence-electron chi connectivity index (χ1n) is 9.26. The number of hydrogen-bond acceptors (Lipinski definition) is 4. The van der Waals surface area contributed by atoms with E-state index in [1.807, 2.05) is 18.2 Å². The summed E-state index contributed by atoms with van der Waals surface area (Å²) in [5.41, 5.74) is 2.24. The highest BCUT2D eigenvalue weighted by molar-refractivity contribution is 9.10. The van der Waals surface area contributed by atoms with Crippen LogP contribution in [0.2, 0.25) is 0 Å². The van der Waals surface area contributed by atoms with Gasteiger partial charge >= 0.3 is 0 Å². The fraction of sp³-hybridized carbons (Fsp3) is 0.0833. The van der Waals surface area contributed by atoms with Crippen molar-refractivity contribution >= 4 is 28.1 Å². The summed E-state index contributed by atoms with van der Waals surface area (Å²) < 4.78 is 6.27. The van der Waals surface area contributed by atoms with Gasteiger partial charge in [-0.15, -0.1) is 0 Å². The summed E-state index contributed by atoms with van der Waals surface area (Å²) in [6.45, 7) is 4.02. The Morgan fingerprint density at radius 1 is 1.07 bits per heavy atom. The lowest BCUT2D eigenvalue weighted by Gasteiger charge is -2.27. The van der Waals surface area contributed by atoms with Crippen molar-refractivity contribution in [1.82, 2.24) is 5.43 Å². The molecule has 0 aromatic heterocycles. The summed E-state index contributed by atoms with van der Waals surface area (Å²) in [6, 6.07) is 23.0. The third-order valence-corrected chi connectivity index (χ3v) is 5.02. The van der Waals surface area contributed by atoms with Crippen LogP contribution in [-0.4, -0.2) is 23.8 Å². The minimum absolute atomic E-state index is 0.402. The molecule has 0 saturated carbocycles. The van der Waals surface area contributed by atoms with Crippen LogP contribution in [0.15, 0.2) is 101 Å². The Bertz CT molecular complexity index is 997. The van der Waals surface area contributed by atoms with Crippen molar-refractivity contribution in [2.45, 2.75) is 5.60 Å². The molecule has 0 heterocycles. The monoisotopic (exact) mass is 464 g/mol. The minimum Gasteiger partial charge on any atom is -0.488 e. The van der Waals surface area contributed by atoms with E-state index in [0.29, 0.717) is 23.5 Å². The van der Waals surface area contributed by atoms with Gasteiger partial charge in [0.25, 0.3) is 5.91 Å². The van der Waals surface area contributed by atoms with Gasteiger partial charge < -0.3 is 9.84 Å². The molecule has 3 rings (SSSR count). The maximum absolute atomic E-state index is 13.0. The van der Waals surface area contributed by atoms with Crippen LogP contribution in [0.3, 0.4) is 0 Å². The van der Waals surface area contributed by atoms with Gasteiger partial charge in [-0.05, 0) is 50.8 Å². The van der Waals surface area contributed by atoms with Crippen molar-refractivity contribution in [3.8, 4) is 5.75 Å². The molecule has 30 heavy (non-hydrogen) atoms. The van der Waals surface area contributed by atoms with Crippen molar-refractivity contribution < 1.29 is 14.6 Å². The van der Waals surface area contributed by atoms with E-state index in [1.165, 1.54) is 6.21 Å². The Balaban J connectivity index is 1.80. The van der Waals surface area contributed by atoms with Crippen LogP contribution < -0.4 is 10.2 Å². The quantitative estimate of drug-likeness (QED) is 0.294. The standard InChI is InChI=1S/C24H21BrN2O3/c1-2-15-30-22-14-13-18(16-21(22)25)17-26-27-23(28)24(29,19-9-5-3-6-10-19)20-11-7-4-8-12-20/h2-14,16-17,29H,1,15H2,(H,27,28). The molecule has 0 saturated heterocycles. The topological polar surface area (TPSA) is 70.9 Å². The Labute approximate surface area is 183 Å². The number of nitrogens with one attached hydrogen (secondary N) is 1. The predicted molar refractivity (Wildman–Crippen MR) is 121 cm³/mol. The first kappa shape index (κ1) is 21.5. The molecule has 0 aliphatic rings. The van der Waals surface area contributed by atoms with Crippen molar-refractivity contribution in [1.29, 1.82) is 0 Å². The Hall–Kier alpha value is -3.22. The normalized spacial score (nSPS) is 11.3. The van der Waals surface area contributed by atoms with Crippen LogP contribution in [-0.2, 0) is 10.4 Å². The van der Waals surface area contributed by atoms with Gasteiger partial charge in [-0.1, -0.05) is 73.3 Å². The molecule has 0 aliphatic carbocycles. The van der Waals surface area contributed by atoms with Crippen LogP contribution >= 0.6 is 15.9 Å². The molecule has 5 nitrogen and oxygen atoms in total. The molecule has 0 aliphatic heterocycles. The maximum atomic E-state index is 13.0. The lowest BCUT2D eigenvalue weighted by atomic mass is 9.85. The van der Waals surface area contributed by atoms with E-state index in [2.05, 4.69) is 33.0 Å². The van der Waals surface area contributed by atoms with Gasteiger partial charge in [-0.25, -0.2) is 5.43 Å². The summed E-state index contributed by atoms with van der Waals surface area (Å²) in [5, 5.41) is 15.4. The van der Waals surface area contributed by atoms with Gasteiger partial charge in [-0.2, -0.15) is 5.10 Å². The molecule has 3 aromatic rings. The number of carbonyl (C=O) groups is 1. The molecule has 0 atom stereocenters. The molecule has 0 unspecified atom stereocenters. The number of amides is 1. The molecule has 3 aromatic carbocycles. The first-order chi connectivity index (χ1) is 14.6. The van der Waals surface area contributed by atoms with E-state index in [1.54, 1.807) is 66.7 Å². The predicted octanol–water partition coefficient (Wildman–Crippen LogP) is 4.40. The molecule has 0 spiro atoms. The van der Waals surface area contributed by atoms with Crippen LogP contribution in [0.5, 0.6) is 5.75 Å². The second kappa shape index (κ2) is 10.0.